The number of benzene rings is 1. The highest BCUT2D eigenvalue weighted by atomic mass is 16.3. The van der Waals surface area contributed by atoms with E-state index in [0.29, 0.717) is 24.6 Å². The van der Waals surface area contributed by atoms with Gasteiger partial charge in [0, 0.05) is 26.2 Å². The molecule has 0 unspecified atom stereocenters. The Morgan fingerprint density at radius 3 is 2.96 bits per heavy atom. The molecule has 0 aliphatic carbocycles. The molecule has 1 aliphatic heterocycles. The fourth-order valence-corrected chi connectivity index (χ4v) is 3.04. The average Bonchev–Trinajstić information content (AvgIpc) is 3.07. The number of aliphatic hydroxyl groups excluding tert-OH is 1. The number of aromatic nitrogens is 5. The third-order valence-electron chi connectivity index (χ3n) is 4.27. The van der Waals surface area contributed by atoms with Crippen LogP contribution in [0.15, 0.2) is 36.4 Å². The van der Waals surface area contributed by atoms with E-state index in [1.165, 1.54) is 15.8 Å². The Kier molecular flexibility index (Phi) is 4.06. The summed E-state index contributed by atoms with van der Waals surface area (Å²) in [6.07, 6.45) is 0.565. The molecular formula is C16H19N7O. The maximum absolute atomic E-state index is 10.3. The van der Waals surface area contributed by atoms with E-state index in [0.717, 1.165) is 19.5 Å². The van der Waals surface area contributed by atoms with Crippen molar-refractivity contribution in [1.82, 2.24) is 30.2 Å². The fourth-order valence-electron chi connectivity index (χ4n) is 3.04. The molecule has 124 valence electrons. The molecule has 3 aromatic rings. The predicted octanol–water partition coefficient (Wildman–Crippen LogP) is 0.350. The Balaban J connectivity index is 1.31. The van der Waals surface area contributed by atoms with Crippen LogP contribution in [0.4, 0.5) is 5.82 Å². The standard InChI is InChI=1S/C16H19N7O/c24-14(9-17-15-5-6-16-18-20-21-23(16)19-15)11-22-8-7-12-3-1-2-4-13(12)10-22/h1-6,14,24H,7-11H2,(H,17,19)/t14-/m1/s1. The minimum absolute atomic E-state index is 0.429. The van der Waals surface area contributed by atoms with Gasteiger partial charge in [-0.3, -0.25) is 4.90 Å². The maximum atomic E-state index is 10.3. The summed E-state index contributed by atoms with van der Waals surface area (Å²) in [5.41, 5.74) is 3.36. The Morgan fingerprint density at radius 2 is 2.04 bits per heavy atom. The first-order valence-corrected chi connectivity index (χ1v) is 8.04. The van der Waals surface area contributed by atoms with Gasteiger partial charge in [-0.2, -0.15) is 0 Å². The molecule has 4 rings (SSSR count). The molecule has 8 heteroatoms. The lowest BCUT2D eigenvalue weighted by molar-refractivity contribution is 0.114. The van der Waals surface area contributed by atoms with E-state index in [9.17, 15) is 5.11 Å². The minimum Gasteiger partial charge on any atom is -0.390 e. The van der Waals surface area contributed by atoms with Gasteiger partial charge in [0.1, 0.15) is 5.82 Å². The Labute approximate surface area is 139 Å². The normalized spacial score (nSPS) is 16.0. The van der Waals surface area contributed by atoms with Gasteiger partial charge >= 0.3 is 0 Å². The van der Waals surface area contributed by atoms with Gasteiger partial charge in [-0.25, -0.2) is 0 Å². The Morgan fingerprint density at radius 1 is 1.17 bits per heavy atom. The van der Waals surface area contributed by atoms with E-state index in [1.807, 2.05) is 0 Å². The lowest BCUT2D eigenvalue weighted by atomic mass is 10.00. The summed E-state index contributed by atoms with van der Waals surface area (Å²) in [7, 11) is 0. The Bertz CT molecular complexity index is 834. The highest BCUT2D eigenvalue weighted by Crippen LogP contribution is 2.18. The number of fused-ring (bicyclic) bond motifs is 2. The van der Waals surface area contributed by atoms with Crippen molar-refractivity contribution in [1.29, 1.82) is 0 Å². The van der Waals surface area contributed by atoms with E-state index >= 15 is 0 Å². The maximum Gasteiger partial charge on any atom is 0.200 e. The molecule has 0 saturated heterocycles. The molecular weight excluding hydrogens is 306 g/mol. The van der Waals surface area contributed by atoms with Crippen molar-refractivity contribution in [2.24, 2.45) is 0 Å². The van der Waals surface area contributed by atoms with Gasteiger partial charge in [0.05, 0.1) is 6.10 Å². The average molecular weight is 325 g/mol. The minimum atomic E-state index is -0.471. The molecule has 2 aromatic heterocycles. The van der Waals surface area contributed by atoms with Crippen LogP contribution in [0.3, 0.4) is 0 Å². The summed E-state index contributed by atoms with van der Waals surface area (Å²) < 4.78 is 1.36. The largest absolute Gasteiger partial charge is 0.390 e. The van der Waals surface area contributed by atoms with Gasteiger partial charge in [-0.05, 0) is 40.1 Å². The van der Waals surface area contributed by atoms with Gasteiger partial charge in [0.15, 0.2) is 5.65 Å². The number of aliphatic hydroxyl groups is 1. The van der Waals surface area contributed by atoms with Gasteiger partial charge in [-0.1, -0.05) is 24.3 Å². The van der Waals surface area contributed by atoms with E-state index in [-0.39, 0.29) is 0 Å². The Hall–Kier alpha value is -2.58. The van der Waals surface area contributed by atoms with Crippen molar-refractivity contribution in [3.8, 4) is 0 Å². The van der Waals surface area contributed by atoms with Crippen LogP contribution in [0.25, 0.3) is 5.65 Å². The summed E-state index contributed by atoms with van der Waals surface area (Å²) in [5.74, 6) is 0.637. The number of anilines is 1. The molecule has 1 aromatic carbocycles. The van der Waals surface area contributed by atoms with Gasteiger partial charge in [0.25, 0.3) is 0 Å². The first kappa shape index (κ1) is 15.0. The molecule has 0 radical (unpaired) electrons. The van der Waals surface area contributed by atoms with Crippen LogP contribution in [0, 0.1) is 0 Å². The van der Waals surface area contributed by atoms with Crippen molar-refractivity contribution in [3.05, 3.63) is 47.5 Å². The molecule has 0 amide bonds. The monoisotopic (exact) mass is 325 g/mol. The van der Waals surface area contributed by atoms with Crippen LogP contribution in [-0.2, 0) is 13.0 Å². The van der Waals surface area contributed by atoms with Gasteiger partial charge in [-0.15, -0.1) is 14.8 Å². The zero-order valence-electron chi connectivity index (χ0n) is 13.2. The second-order valence-corrected chi connectivity index (χ2v) is 6.03. The van der Waals surface area contributed by atoms with E-state index in [2.05, 4.69) is 55.1 Å². The van der Waals surface area contributed by atoms with E-state index < -0.39 is 6.10 Å². The smallest absolute Gasteiger partial charge is 0.200 e. The summed E-state index contributed by atoms with van der Waals surface area (Å²) in [5, 5.41) is 28.8. The summed E-state index contributed by atoms with van der Waals surface area (Å²) in [6.45, 7) is 2.93. The summed E-state index contributed by atoms with van der Waals surface area (Å²) >= 11 is 0. The molecule has 3 heterocycles. The molecule has 24 heavy (non-hydrogen) atoms. The number of hydrogen-bond donors (Lipinski definition) is 2. The molecule has 0 bridgehead atoms. The van der Waals surface area contributed by atoms with Crippen LogP contribution < -0.4 is 5.32 Å². The van der Waals surface area contributed by atoms with E-state index in [1.54, 1.807) is 12.1 Å². The van der Waals surface area contributed by atoms with Crippen molar-refractivity contribution in [2.45, 2.75) is 19.1 Å². The topological polar surface area (TPSA) is 91.5 Å². The molecule has 2 N–H and O–H groups in total. The van der Waals surface area contributed by atoms with Crippen molar-refractivity contribution in [2.75, 3.05) is 25.0 Å². The first-order valence-electron chi connectivity index (χ1n) is 8.04. The van der Waals surface area contributed by atoms with E-state index in [4.69, 9.17) is 0 Å². The number of β-amino-alcohol motifs (C(OH)–C–C–N with tert-alkyl or cyclic N) is 1. The van der Waals surface area contributed by atoms with Crippen molar-refractivity contribution in [3.63, 3.8) is 0 Å². The van der Waals surface area contributed by atoms with Crippen molar-refractivity contribution >= 4 is 11.5 Å². The highest BCUT2D eigenvalue weighted by Gasteiger charge is 2.18. The number of nitrogens with one attached hydrogen (secondary N) is 1. The second-order valence-electron chi connectivity index (χ2n) is 6.03. The summed E-state index contributed by atoms with van der Waals surface area (Å²) in [4.78, 5) is 2.28. The lowest BCUT2D eigenvalue weighted by Gasteiger charge is -2.30. The lowest BCUT2D eigenvalue weighted by Crippen LogP contribution is -2.39. The predicted molar refractivity (Wildman–Crippen MR) is 88.5 cm³/mol. The molecule has 0 spiro atoms. The van der Waals surface area contributed by atoms with Crippen LogP contribution >= 0.6 is 0 Å². The third kappa shape index (κ3) is 3.19. The fraction of sp³-hybridized carbons (Fsp3) is 0.375. The van der Waals surface area contributed by atoms with Crippen LogP contribution in [0.1, 0.15) is 11.1 Å². The van der Waals surface area contributed by atoms with Crippen molar-refractivity contribution < 1.29 is 5.11 Å². The SMILES string of the molecule is O[C@H](CNc1ccc2nnnn2n1)CN1CCc2ccccc2C1. The molecule has 1 aliphatic rings. The number of nitrogens with zero attached hydrogens (tertiary/aromatic N) is 6. The van der Waals surface area contributed by atoms with Crippen LogP contribution in [-0.4, -0.2) is 61.0 Å². The number of hydrogen-bond acceptors (Lipinski definition) is 7. The highest BCUT2D eigenvalue weighted by molar-refractivity contribution is 5.42. The van der Waals surface area contributed by atoms with Gasteiger partial charge in [0.2, 0.25) is 0 Å². The molecule has 1 atom stereocenters. The number of tetrazole rings is 1. The molecule has 8 nitrogen and oxygen atoms in total. The molecule has 0 saturated carbocycles. The molecule has 0 fully saturated rings. The quantitative estimate of drug-likeness (QED) is 0.699. The van der Waals surface area contributed by atoms with Gasteiger partial charge < -0.3 is 10.4 Å². The zero-order valence-corrected chi connectivity index (χ0v) is 13.2. The van der Waals surface area contributed by atoms with Crippen LogP contribution in [0.5, 0.6) is 0 Å². The summed E-state index contributed by atoms with van der Waals surface area (Å²) in [6, 6.07) is 12.1. The second kappa shape index (κ2) is 6.50. The number of rotatable bonds is 5. The first-order chi connectivity index (χ1) is 11.8. The van der Waals surface area contributed by atoms with Crippen LogP contribution in [0.2, 0.25) is 0 Å². The third-order valence-corrected chi connectivity index (χ3v) is 4.27. The zero-order chi connectivity index (χ0) is 16.4.